The van der Waals surface area contributed by atoms with Crippen LogP contribution in [0.25, 0.3) is 11.5 Å². The summed E-state index contributed by atoms with van der Waals surface area (Å²) in [5.74, 6) is 0.326. The van der Waals surface area contributed by atoms with Crippen molar-refractivity contribution >= 4 is 11.6 Å². The van der Waals surface area contributed by atoms with Crippen molar-refractivity contribution in [3.05, 3.63) is 89.4 Å². The smallest absolute Gasteiger partial charge is 0.251 e. The van der Waals surface area contributed by atoms with E-state index in [1.165, 1.54) is 18.5 Å². The molecule has 10 heteroatoms. The largest absolute Gasteiger partial charge is 0.378 e. The predicted octanol–water partition coefficient (Wildman–Crippen LogP) is 2.82. The number of aromatic nitrogens is 5. The number of anilines is 1. The second-order valence-corrected chi connectivity index (χ2v) is 7.10. The molecule has 1 amide bonds. The van der Waals surface area contributed by atoms with Crippen LogP contribution in [0.1, 0.15) is 27.3 Å². The van der Waals surface area contributed by atoms with Crippen LogP contribution in [0.3, 0.4) is 0 Å². The summed E-state index contributed by atoms with van der Waals surface area (Å²) < 4.78 is 16.0. The maximum atomic E-state index is 14.2. The molecule has 9 nitrogen and oxygen atoms in total. The average Bonchev–Trinajstić information content (AvgIpc) is 3.22. The maximum absolute atomic E-state index is 14.2. The number of carbonyl (C=O) groups is 1. The third-order valence-electron chi connectivity index (χ3n) is 4.99. The quantitative estimate of drug-likeness (QED) is 0.451. The highest BCUT2D eigenvalue weighted by molar-refractivity contribution is 5.95. The molecule has 2 aromatic carbocycles. The summed E-state index contributed by atoms with van der Waals surface area (Å²) in [5.41, 5.74) is 1.99. The molecule has 0 spiro atoms. The number of hydrogen-bond acceptors (Lipinski definition) is 7. The Bertz CT molecular complexity index is 1330. The molecular weight excluding hydrogens is 423 g/mol. The minimum absolute atomic E-state index is 0.0252. The van der Waals surface area contributed by atoms with Crippen molar-refractivity contribution in [3.63, 3.8) is 0 Å². The van der Waals surface area contributed by atoms with E-state index >= 15 is 0 Å². The molecule has 2 N–H and O–H groups in total. The van der Waals surface area contributed by atoms with Gasteiger partial charge in [-0.15, -0.1) is 10.2 Å². The number of nitrogens with one attached hydrogen (secondary N) is 2. The lowest BCUT2D eigenvalue weighted by Gasteiger charge is -2.10. The van der Waals surface area contributed by atoms with Gasteiger partial charge in [0.25, 0.3) is 5.91 Å². The van der Waals surface area contributed by atoms with E-state index in [0.717, 1.165) is 0 Å². The molecule has 4 rings (SSSR count). The number of hydrogen-bond donors (Lipinski definition) is 2. The van der Waals surface area contributed by atoms with Gasteiger partial charge in [0.2, 0.25) is 0 Å². The molecule has 0 aliphatic heterocycles. The molecule has 0 saturated carbocycles. The lowest BCUT2D eigenvalue weighted by Crippen LogP contribution is -2.23. The molecule has 33 heavy (non-hydrogen) atoms. The number of rotatable bonds is 7. The first-order chi connectivity index (χ1) is 16.1. The number of nitrogens with zero attached hydrogens (tertiary/aromatic N) is 6. The zero-order valence-electron chi connectivity index (χ0n) is 17.7. The van der Waals surface area contributed by atoms with Gasteiger partial charge in [0.15, 0.2) is 11.6 Å². The Balaban J connectivity index is 1.40. The van der Waals surface area contributed by atoms with Gasteiger partial charge in [0.05, 0.1) is 12.1 Å². The van der Waals surface area contributed by atoms with Gasteiger partial charge in [0.1, 0.15) is 23.9 Å². The molecule has 164 valence electrons. The summed E-state index contributed by atoms with van der Waals surface area (Å²) in [7, 11) is 1.85. The second-order valence-electron chi connectivity index (χ2n) is 7.10. The van der Waals surface area contributed by atoms with Gasteiger partial charge in [-0.3, -0.25) is 4.79 Å². The Morgan fingerprint density at radius 1 is 1.15 bits per heavy atom. The van der Waals surface area contributed by atoms with Crippen LogP contribution in [-0.2, 0) is 20.1 Å². The summed E-state index contributed by atoms with van der Waals surface area (Å²) in [6, 6.07) is 15.0. The van der Waals surface area contributed by atoms with Gasteiger partial charge in [-0.1, -0.05) is 18.2 Å². The molecule has 4 aromatic rings. The van der Waals surface area contributed by atoms with Crippen LogP contribution < -0.4 is 10.6 Å². The molecule has 0 fully saturated rings. The molecule has 0 bridgehead atoms. The Morgan fingerprint density at radius 3 is 2.79 bits per heavy atom. The Hall–Kier alpha value is -4.65. The Kier molecular flexibility index (Phi) is 6.31. The van der Waals surface area contributed by atoms with E-state index < -0.39 is 5.82 Å². The number of halogens is 1. The maximum Gasteiger partial charge on any atom is 0.251 e. The highest BCUT2D eigenvalue weighted by atomic mass is 19.1. The topological polar surface area (TPSA) is 121 Å². The third-order valence-corrected chi connectivity index (χ3v) is 4.99. The summed E-state index contributed by atoms with van der Waals surface area (Å²) in [5, 5.41) is 23.2. The second kappa shape index (κ2) is 9.65. The van der Waals surface area contributed by atoms with Crippen LogP contribution in [0.4, 0.5) is 10.1 Å². The van der Waals surface area contributed by atoms with Gasteiger partial charge in [0, 0.05) is 36.6 Å². The molecule has 0 unspecified atom stereocenters. The first-order valence-corrected chi connectivity index (χ1v) is 10.0. The third kappa shape index (κ3) is 4.83. The van der Waals surface area contributed by atoms with Crippen LogP contribution in [0.5, 0.6) is 0 Å². The number of benzene rings is 2. The lowest BCUT2D eigenvalue weighted by atomic mass is 10.1. The van der Waals surface area contributed by atoms with Gasteiger partial charge in [-0.25, -0.2) is 14.4 Å². The molecular formula is C23H19FN8O. The first-order valence-electron chi connectivity index (χ1n) is 10.0. The summed E-state index contributed by atoms with van der Waals surface area (Å²) in [6.45, 7) is 0.356. The lowest BCUT2D eigenvalue weighted by molar-refractivity contribution is 0.0950. The predicted molar refractivity (Wildman–Crippen MR) is 118 cm³/mol. The zero-order chi connectivity index (χ0) is 23.2. The highest BCUT2D eigenvalue weighted by Gasteiger charge is 2.13. The fraction of sp³-hybridized carbons (Fsp3) is 0.130. The van der Waals surface area contributed by atoms with Crippen LogP contribution in [0, 0.1) is 17.1 Å². The van der Waals surface area contributed by atoms with Crippen molar-refractivity contribution in [1.82, 2.24) is 30.0 Å². The summed E-state index contributed by atoms with van der Waals surface area (Å²) in [4.78, 5) is 20.7. The van der Waals surface area contributed by atoms with Crippen LogP contribution in [-0.4, -0.2) is 30.6 Å². The van der Waals surface area contributed by atoms with Gasteiger partial charge in [-0.05, 0) is 30.3 Å². The van der Waals surface area contributed by atoms with E-state index in [1.807, 2.05) is 17.7 Å². The average molecular weight is 442 g/mol. The number of nitriles is 1. The van der Waals surface area contributed by atoms with E-state index in [1.54, 1.807) is 42.6 Å². The Labute approximate surface area is 189 Å². The van der Waals surface area contributed by atoms with Crippen molar-refractivity contribution in [2.75, 3.05) is 5.32 Å². The van der Waals surface area contributed by atoms with E-state index in [4.69, 9.17) is 5.26 Å². The number of amides is 1. The molecule has 0 atom stereocenters. The van der Waals surface area contributed by atoms with Gasteiger partial charge < -0.3 is 15.2 Å². The van der Waals surface area contributed by atoms with Gasteiger partial charge in [-0.2, -0.15) is 5.26 Å². The van der Waals surface area contributed by atoms with Crippen molar-refractivity contribution in [2.24, 2.45) is 7.05 Å². The molecule has 0 aliphatic carbocycles. The normalized spacial score (nSPS) is 10.5. The fourth-order valence-corrected chi connectivity index (χ4v) is 3.19. The fourth-order valence-electron chi connectivity index (χ4n) is 3.19. The van der Waals surface area contributed by atoms with Crippen molar-refractivity contribution in [3.8, 4) is 17.6 Å². The molecule has 2 aromatic heterocycles. The zero-order valence-corrected chi connectivity index (χ0v) is 17.7. The minimum Gasteiger partial charge on any atom is -0.378 e. The molecule has 2 heterocycles. The van der Waals surface area contributed by atoms with E-state index in [0.29, 0.717) is 35.1 Å². The summed E-state index contributed by atoms with van der Waals surface area (Å²) >= 11 is 0. The van der Waals surface area contributed by atoms with Crippen LogP contribution >= 0.6 is 0 Å². The van der Waals surface area contributed by atoms with Crippen molar-refractivity contribution in [2.45, 2.75) is 13.1 Å². The van der Waals surface area contributed by atoms with Crippen LogP contribution in [0.2, 0.25) is 0 Å². The molecule has 0 saturated heterocycles. The SMILES string of the molecule is Cn1c(CNc2cccc(C(=O)NCc3cccc(C#N)c3F)c2)nnc1-c1ccncn1. The summed E-state index contributed by atoms with van der Waals surface area (Å²) in [6.07, 6.45) is 3.09. The molecule has 0 radical (unpaired) electrons. The van der Waals surface area contributed by atoms with E-state index in [9.17, 15) is 9.18 Å². The first kappa shape index (κ1) is 21.6. The van der Waals surface area contributed by atoms with E-state index in [-0.39, 0.29) is 23.6 Å². The van der Waals surface area contributed by atoms with Crippen LogP contribution in [0.15, 0.2) is 61.1 Å². The highest BCUT2D eigenvalue weighted by Crippen LogP contribution is 2.16. The number of carbonyl (C=O) groups excluding carboxylic acids is 1. The Morgan fingerprint density at radius 2 is 2.00 bits per heavy atom. The molecule has 0 aliphatic rings. The standard InChI is InChI=1S/C23H19FN8O/c1-32-20(30-31-22(32)19-8-9-26-14-29-19)13-27-18-7-3-4-15(10-18)23(33)28-12-17-6-2-5-16(11-25)21(17)24/h2-10,14,27H,12-13H2,1H3,(H,28,33). The van der Waals surface area contributed by atoms with Gasteiger partial charge >= 0.3 is 0 Å². The van der Waals surface area contributed by atoms with Crippen molar-refractivity contribution in [1.29, 1.82) is 5.26 Å². The monoisotopic (exact) mass is 442 g/mol. The van der Waals surface area contributed by atoms with Crippen molar-refractivity contribution < 1.29 is 9.18 Å². The van der Waals surface area contributed by atoms with E-state index in [2.05, 4.69) is 30.8 Å². The minimum atomic E-state index is -0.624.